The van der Waals surface area contributed by atoms with Gasteiger partial charge in [-0.05, 0) is 32.4 Å². The average molecular weight is 265 g/mol. The average Bonchev–Trinajstić information content (AvgIpc) is 2.63. The van der Waals surface area contributed by atoms with Crippen molar-refractivity contribution in [3.63, 3.8) is 0 Å². The highest BCUT2D eigenvalue weighted by Gasteiger charge is 2.20. The zero-order chi connectivity index (χ0) is 13.3. The van der Waals surface area contributed by atoms with E-state index in [1.54, 1.807) is 26.0 Å². The van der Waals surface area contributed by atoms with Gasteiger partial charge in [-0.2, -0.15) is 0 Å². The Balaban J connectivity index is 2.40. The van der Waals surface area contributed by atoms with Gasteiger partial charge in [-0.1, -0.05) is 22.9 Å². The summed E-state index contributed by atoms with van der Waals surface area (Å²) < 4.78 is 29.5. The first-order valence-electron chi connectivity index (χ1n) is 5.60. The van der Waals surface area contributed by atoms with Crippen LogP contribution in [-0.2, 0) is 15.6 Å². The molecule has 0 amide bonds. The van der Waals surface area contributed by atoms with Crippen molar-refractivity contribution in [2.45, 2.75) is 31.4 Å². The van der Waals surface area contributed by atoms with E-state index in [0.717, 1.165) is 11.1 Å². The number of benzene rings is 1. The smallest absolute Gasteiger partial charge is 0.182 e. The highest BCUT2D eigenvalue weighted by atomic mass is 32.2. The second-order valence-electron chi connectivity index (χ2n) is 4.44. The summed E-state index contributed by atoms with van der Waals surface area (Å²) in [5.41, 5.74) is 2.42. The molecule has 0 saturated heterocycles. The van der Waals surface area contributed by atoms with Crippen LogP contribution in [-0.4, -0.2) is 13.6 Å². The third-order valence-electron chi connectivity index (χ3n) is 2.86. The molecule has 1 aromatic carbocycles. The van der Waals surface area contributed by atoms with Crippen molar-refractivity contribution < 1.29 is 12.9 Å². The van der Waals surface area contributed by atoms with Crippen LogP contribution < -0.4 is 0 Å². The molecule has 96 valence electrons. The maximum absolute atomic E-state index is 12.3. The van der Waals surface area contributed by atoms with E-state index in [1.807, 2.05) is 13.0 Å². The van der Waals surface area contributed by atoms with Crippen LogP contribution in [0.15, 0.2) is 33.8 Å². The molecular formula is C13H15NO3S. The number of rotatable bonds is 3. The first kappa shape index (κ1) is 12.8. The molecule has 0 aliphatic heterocycles. The van der Waals surface area contributed by atoms with Crippen LogP contribution in [0.2, 0.25) is 0 Å². The minimum atomic E-state index is -3.35. The largest absolute Gasteiger partial charge is 0.361 e. The lowest BCUT2D eigenvalue weighted by molar-refractivity contribution is 0.396. The first-order chi connectivity index (χ1) is 8.40. The summed E-state index contributed by atoms with van der Waals surface area (Å²) in [5, 5.41) is 3.60. The van der Waals surface area contributed by atoms with Crippen molar-refractivity contribution in [3.8, 4) is 0 Å². The van der Waals surface area contributed by atoms with Gasteiger partial charge >= 0.3 is 0 Å². The van der Waals surface area contributed by atoms with Gasteiger partial charge in [0, 0.05) is 5.56 Å². The Kier molecular flexibility index (Phi) is 3.26. The van der Waals surface area contributed by atoms with Gasteiger partial charge in [0.05, 0.1) is 16.8 Å². The predicted molar refractivity (Wildman–Crippen MR) is 68.0 cm³/mol. The Morgan fingerprint density at radius 2 is 1.94 bits per heavy atom. The molecule has 0 bridgehead atoms. The summed E-state index contributed by atoms with van der Waals surface area (Å²) in [5.74, 6) is 0.468. The highest BCUT2D eigenvalue weighted by molar-refractivity contribution is 7.90. The minimum Gasteiger partial charge on any atom is -0.361 e. The molecule has 2 aromatic rings. The summed E-state index contributed by atoms with van der Waals surface area (Å²) in [6.45, 7) is 5.45. The summed E-state index contributed by atoms with van der Waals surface area (Å²) in [6, 6.07) is 5.33. The van der Waals surface area contributed by atoms with Crippen LogP contribution in [0, 0.1) is 20.8 Å². The Morgan fingerprint density at radius 1 is 1.22 bits per heavy atom. The quantitative estimate of drug-likeness (QED) is 0.855. The molecule has 5 heteroatoms. The van der Waals surface area contributed by atoms with Crippen LogP contribution in [0.1, 0.15) is 22.5 Å². The number of nitrogens with zero attached hydrogens (tertiary/aromatic N) is 1. The van der Waals surface area contributed by atoms with E-state index in [9.17, 15) is 8.42 Å². The van der Waals surface area contributed by atoms with Crippen molar-refractivity contribution in [2.75, 3.05) is 0 Å². The summed E-state index contributed by atoms with van der Waals surface area (Å²) >= 11 is 0. The SMILES string of the molecule is Cc1ccc(S(=O)(=O)Cc2cnoc2C)c(C)c1. The molecule has 0 atom stereocenters. The topological polar surface area (TPSA) is 60.2 Å². The molecule has 2 rings (SSSR count). The zero-order valence-corrected chi connectivity index (χ0v) is 11.4. The van der Waals surface area contributed by atoms with Crippen molar-refractivity contribution in [3.05, 3.63) is 46.8 Å². The Bertz CT molecular complexity index is 671. The van der Waals surface area contributed by atoms with Gasteiger partial charge < -0.3 is 4.52 Å². The highest BCUT2D eigenvalue weighted by Crippen LogP contribution is 2.22. The predicted octanol–water partition coefficient (Wildman–Crippen LogP) is 2.57. The Morgan fingerprint density at radius 3 is 2.50 bits per heavy atom. The molecule has 1 heterocycles. The number of aryl methyl sites for hydroxylation is 3. The Hall–Kier alpha value is -1.62. The van der Waals surface area contributed by atoms with Crippen LogP contribution in [0.3, 0.4) is 0 Å². The maximum atomic E-state index is 12.3. The molecule has 0 aliphatic rings. The van der Waals surface area contributed by atoms with Gasteiger partial charge in [-0.3, -0.25) is 0 Å². The van der Waals surface area contributed by atoms with Crippen LogP contribution in [0.4, 0.5) is 0 Å². The number of hydrogen-bond donors (Lipinski definition) is 0. The fraction of sp³-hybridized carbons (Fsp3) is 0.308. The van der Waals surface area contributed by atoms with E-state index in [1.165, 1.54) is 6.20 Å². The van der Waals surface area contributed by atoms with Gasteiger partial charge in [0.2, 0.25) is 0 Å². The third kappa shape index (κ3) is 2.46. The third-order valence-corrected chi connectivity index (χ3v) is 4.68. The lowest BCUT2D eigenvalue weighted by Crippen LogP contribution is -2.07. The van der Waals surface area contributed by atoms with Crippen LogP contribution in [0.25, 0.3) is 0 Å². The maximum Gasteiger partial charge on any atom is 0.182 e. The lowest BCUT2D eigenvalue weighted by Gasteiger charge is -2.07. The van der Waals surface area contributed by atoms with E-state index in [4.69, 9.17) is 4.52 Å². The zero-order valence-electron chi connectivity index (χ0n) is 10.6. The summed E-state index contributed by atoms with van der Waals surface area (Å²) in [4.78, 5) is 0.369. The van der Waals surface area contributed by atoms with Crippen molar-refractivity contribution in [1.82, 2.24) is 5.16 Å². The van der Waals surface area contributed by atoms with Gasteiger partial charge in [0.1, 0.15) is 5.76 Å². The molecule has 1 aromatic heterocycles. The molecule has 0 spiro atoms. The molecule has 18 heavy (non-hydrogen) atoms. The van der Waals surface area contributed by atoms with Crippen molar-refractivity contribution in [1.29, 1.82) is 0 Å². The normalized spacial score (nSPS) is 11.7. The second kappa shape index (κ2) is 4.57. The monoisotopic (exact) mass is 265 g/mol. The molecule has 0 saturated carbocycles. The van der Waals surface area contributed by atoms with E-state index >= 15 is 0 Å². The van der Waals surface area contributed by atoms with Crippen molar-refractivity contribution >= 4 is 9.84 Å². The lowest BCUT2D eigenvalue weighted by atomic mass is 10.2. The van der Waals surface area contributed by atoms with E-state index < -0.39 is 9.84 Å². The van der Waals surface area contributed by atoms with Crippen LogP contribution >= 0.6 is 0 Å². The minimum absolute atomic E-state index is 0.0771. The van der Waals surface area contributed by atoms with Gasteiger partial charge in [0.15, 0.2) is 9.84 Å². The summed E-state index contributed by atoms with van der Waals surface area (Å²) in [6.07, 6.45) is 1.45. The van der Waals surface area contributed by atoms with E-state index in [0.29, 0.717) is 16.2 Å². The second-order valence-corrected chi connectivity index (χ2v) is 6.39. The first-order valence-corrected chi connectivity index (χ1v) is 7.25. The van der Waals surface area contributed by atoms with Gasteiger partial charge in [-0.15, -0.1) is 0 Å². The van der Waals surface area contributed by atoms with E-state index in [-0.39, 0.29) is 5.75 Å². The van der Waals surface area contributed by atoms with Crippen LogP contribution in [0.5, 0.6) is 0 Å². The molecular weight excluding hydrogens is 250 g/mol. The fourth-order valence-corrected chi connectivity index (χ4v) is 3.56. The Labute approximate surface area is 107 Å². The van der Waals surface area contributed by atoms with E-state index in [2.05, 4.69) is 5.16 Å². The van der Waals surface area contributed by atoms with Gasteiger partial charge in [0.25, 0.3) is 0 Å². The van der Waals surface area contributed by atoms with Gasteiger partial charge in [-0.25, -0.2) is 8.42 Å². The molecule has 4 nitrogen and oxygen atoms in total. The molecule has 0 unspecified atom stereocenters. The fourth-order valence-electron chi connectivity index (χ4n) is 1.89. The standard InChI is InChI=1S/C13H15NO3S/c1-9-4-5-13(10(2)6-9)18(15,16)8-12-7-14-17-11(12)3/h4-7H,8H2,1-3H3. The number of aromatic nitrogens is 1. The number of hydrogen-bond acceptors (Lipinski definition) is 4. The molecule has 0 radical (unpaired) electrons. The molecule has 0 aliphatic carbocycles. The number of sulfone groups is 1. The molecule has 0 fully saturated rings. The van der Waals surface area contributed by atoms with Crippen molar-refractivity contribution in [2.24, 2.45) is 0 Å². The molecule has 0 N–H and O–H groups in total. The summed E-state index contributed by atoms with van der Waals surface area (Å²) in [7, 11) is -3.35.